The van der Waals surface area contributed by atoms with E-state index in [9.17, 15) is 9.90 Å². The molecule has 0 fully saturated rings. The fraction of sp³-hybridized carbons (Fsp3) is 0.211. The minimum absolute atomic E-state index is 0.131. The summed E-state index contributed by atoms with van der Waals surface area (Å²) >= 11 is 0. The first-order chi connectivity index (χ1) is 12.4. The maximum absolute atomic E-state index is 12.4. The Labute approximate surface area is 150 Å². The van der Waals surface area contributed by atoms with Gasteiger partial charge in [-0.05, 0) is 37.6 Å². The number of ether oxygens (including phenoxy) is 2. The van der Waals surface area contributed by atoms with E-state index in [4.69, 9.17) is 9.47 Å². The van der Waals surface area contributed by atoms with E-state index in [2.05, 4.69) is 15.2 Å². The van der Waals surface area contributed by atoms with Gasteiger partial charge in [-0.2, -0.15) is 0 Å². The predicted octanol–water partition coefficient (Wildman–Crippen LogP) is 4.43. The van der Waals surface area contributed by atoms with Gasteiger partial charge in [0, 0.05) is 11.5 Å². The molecular weight excluding hydrogens is 334 g/mol. The molecular formula is C19H19N3O4. The van der Waals surface area contributed by atoms with Crippen molar-refractivity contribution < 1.29 is 19.4 Å². The fourth-order valence-electron chi connectivity index (χ4n) is 2.81. The van der Waals surface area contributed by atoms with Gasteiger partial charge in [-0.1, -0.05) is 11.6 Å². The molecule has 0 atom stereocenters. The average molecular weight is 353 g/mol. The van der Waals surface area contributed by atoms with Crippen LogP contribution < -0.4 is 9.47 Å². The molecule has 0 radical (unpaired) electrons. The van der Waals surface area contributed by atoms with Crippen LogP contribution in [-0.4, -0.2) is 30.2 Å². The van der Waals surface area contributed by atoms with Crippen LogP contribution in [0.25, 0.3) is 10.9 Å². The Morgan fingerprint density at radius 1 is 1.04 bits per heavy atom. The Bertz CT molecular complexity index is 999. The van der Waals surface area contributed by atoms with E-state index >= 15 is 0 Å². The highest BCUT2D eigenvalue weighted by molar-refractivity contribution is 5.98. The molecule has 0 saturated heterocycles. The molecule has 7 heteroatoms. The van der Waals surface area contributed by atoms with E-state index in [1.807, 2.05) is 26.0 Å². The number of methoxy groups -OCH3 is 2. The largest absolute Gasteiger partial charge is 0.497 e. The van der Waals surface area contributed by atoms with Crippen molar-refractivity contribution in [3.63, 3.8) is 0 Å². The van der Waals surface area contributed by atoms with Gasteiger partial charge < -0.3 is 19.6 Å². The topological polar surface area (TPSA) is 96.3 Å². The number of hydrogen-bond acceptors (Lipinski definition) is 5. The summed E-state index contributed by atoms with van der Waals surface area (Å²) in [6, 6.07) is 8.63. The lowest BCUT2D eigenvalue weighted by molar-refractivity contribution is 0.0994. The number of aryl methyl sites for hydroxylation is 2. The van der Waals surface area contributed by atoms with Crippen molar-refractivity contribution in [2.45, 2.75) is 13.8 Å². The highest BCUT2D eigenvalue weighted by Crippen LogP contribution is 2.37. The van der Waals surface area contributed by atoms with E-state index in [1.165, 1.54) is 14.2 Å². The number of rotatable bonds is 4. The molecule has 1 heterocycles. The van der Waals surface area contributed by atoms with Crippen LogP contribution in [0.3, 0.4) is 0 Å². The second-order valence-corrected chi connectivity index (χ2v) is 5.93. The molecule has 1 aromatic heterocycles. The number of carbonyl (C=O) groups is 1. The van der Waals surface area contributed by atoms with Crippen LogP contribution in [-0.2, 0) is 0 Å². The third-order valence-corrected chi connectivity index (χ3v) is 4.04. The van der Waals surface area contributed by atoms with Gasteiger partial charge in [0.25, 0.3) is 5.91 Å². The van der Waals surface area contributed by atoms with Crippen LogP contribution in [0.15, 0.2) is 40.6 Å². The summed E-state index contributed by atoms with van der Waals surface area (Å²) in [6.07, 6.45) is 0. The van der Waals surface area contributed by atoms with Crippen molar-refractivity contribution in [2.75, 3.05) is 14.2 Å². The van der Waals surface area contributed by atoms with Gasteiger partial charge in [-0.25, -0.2) is 0 Å². The van der Waals surface area contributed by atoms with Crippen LogP contribution >= 0.6 is 0 Å². The number of fused-ring (bicyclic) bond motifs is 1. The van der Waals surface area contributed by atoms with Gasteiger partial charge in [0.2, 0.25) is 5.88 Å². The second-order valence-electron chi connectivity index (χ2n) is 5.93. The molecule has 3 rings (SSSR count). The Hall–Kier alpha value is -3.35. The zero-order chi connectivity index (χ0) is 18.8. The van der Waals surface area contributed by atoms with E-state index in [0.717, 1.165) is 16.6 Å². The molecule has 0 spiro atoms. The maximum Gasteiger partial charge on any atom is 0.295 e. The average Bonchev–Trinajstić information content (AvgIpc) is 2.94. The standard InChI is InChI=1S/C19H19N3O4/c1-10-5-11(2)16-15(6-10)17(19(24)20-16)21-22-18(23)12-7-13(25-3)9-14(8-12)26-4/h5-9,20,24H,1-4H3. The van der Waals surface area contributed by atoms with Gasteiger partial charge in [0.05, 0.1) is 25.3 Å². The zero-order valence-corrected chi connectivity index (χ0v) is 15.0. The van der Waals surface area contributed by atoms with Crippen molar-refractivity contribution in [1.29, 1.82) is 0 Å². The molecule has 2 N–H and O–H groups in total. The number of aromatic nitrogens is 1. The van der Waals surface area contributed by atoms with E-state index in [-0.39, 0.29) is 17.1 Å². The number of aromatic hydroxyl groups is 1. The number of H-pyrrole nitrogens is 1. The van der Waals surface area contributed by atoms with Crippen LogP contribution in [0, 0.1) is 13.8 Å². The number of azo groups is 1. The van der Waals surface area contributed by atoms with Crippen LogP contribution in [0.2, 0.25) is 0 Å². The Morgan fingerprint density at radius 2 is 1.69 bits per heavy atom. The van der Waals surface area contributed by atoms with Crippen LogP contribution in [0.4, 0.5) is 5.69 Å². The Balaban J connectivity index is 1.99. The lowest BCUT2D eigenvalue weighted by atomic mass is 10.1. The van der Waals surface area contributed by atoms with Gasteiger partial charge in [0.1, 0.15) is 11.5 Å². The number of amides is 1. The van der Waals surface area contributed by atoms with Crippen molar-refractivity contribution >= 4 is 22.5 Å². The molecule has 0 bridgehead atoms. The molecule has 0 saturated carbocycles. The molecule has 26 heavy (non-hydrogen) atoms. The Kier molecular flexibility index (Phi) is 4.62. The fourth-order valence-corrected chi connectivity index (χ4v) is 2.81. The van der Waals surface area contributed by atoms with Gasteiger partial charge in [-0.3, -0.25) is 4.79 Å². The summed E-state index contributed by atoms with van der Waals surface area (Å²) < 4.78 is 10.3. The monoisotopic (exact) mass is 353 g/mol. The number of nitrogens with zero attached hydrogens (tertiary/aromatic N) is 2. The first kappa shape index (κ1) is 17.5. The summed E-state index contributed by atoms with van der Waals surface area (Å²) in [4.78, 5) is 15.3. The molecule has 2 aromatic carbocycles. The summed E-state index contributed by atoms with van der Waals surface area (Å²) in [5.41, 5.74) is 3.26. The summed E-state index contributed by atoms with van der Waals surface area (Å²) in [6.45, 7) is 3.88. The molecule has 0 unspecified atom stereocenters. The molecule has 0 aliphatic carbocycles. The minimum Gasteiger partial charge on any atom is -0.497 e. The molecule has 0 aliphatic heterocycles. The summed E-state index contributed by atoms with van der Waals surface area (Å²) in [5, 5.41) is 18.6. The van der Waals surface area contributed by atoms with Crippen LogP contribution in [0.1, 0.15) is 21.5 Å². The van der Waals surface area contributed by atoms with E-state index in [1.54, 1.807) is 18.2 Å². The van der Waals surface area contributed by atoms with Crippen LogP contribution in [0.5, 0.6) is 17.4 Å². The smallest absolute Gasteiger partial charge is 0.295 e. The number of aromatic amines is 1. The number of benzene rings is 2. The van der Waals surface area contributed by atoms with Crippen molar-refractivity contribution in [3.8, 4) is 17.4 Å². The lowest BCUT2D eigenvalue weighted by Crippen LogP contribution is -1.96. The third-order valence-electron chi connectivity index (χ3n) is 4.04. The van der Waals surface area contributed by atoms with Gasteiger partial charge >= 0.3 is 0 Å². The lowest BCUT2D eigenvalue weighted by Gasteiger charge is -2.05. The molecule has 0 aliphatic rings. The first-order valence-corrected chi connectivity index (χ1v) is 7.94. The molecule has 134 valence electrons. The van der Waals surface area contributed by atoms with E-state index in [0.29, 0.717) is 16.9 Å². The predicted molar refractivity (Wildman–Crippen MR) is 97.8 cm³/mol. The van der Waals surface area contributed by atoms with Gasteiger partial charge in [-0.15, -0.1) is 10.2 Å². The first-order valence-electron chi connectivity index (χ1n) is 7.94. The summed E-state index contributed by atoms with van der Waals surface area (Å²) in [5.74, 6) is 0.252. The zero-order valence-electron chi connectivity index (χ0n) is 15.0. The molecule has 1 amide bonds. The highest BCUT2D eigenvalue weighted by atomic mass is 16.5. The van der Waals surface area contributed by atoms with Crippen molar-refractivity contribution in [3.05, 3.63) is 47.0 Å². The van der Waals surface area contributed by atoms with Crippen molar-refractivity contribution in [2.24, 2.45) is 10.2 Å². The second kappa shape index (κ2) is 6.87. The minimum atomic E-state index is -0.569. The maximum atomic E-state index is 12.4. The number of hydrogen-bond donors (Lipinski definition) is 2. The van der Waals surface area contributed by atoms with Crippen molar-refractivity contribution in [1.82, 2.24) is 4.98 Å². The highest BCUT2D eigenvalue weighted by Gasteiger charge is 2.14. The third kappa shape index (κ3) is 3.23. The molecule has 7 nitrogen and oxygen atoms in total. The quantitative estimate of drug-likeness (QED) is 0.678. The normalized spacial score (nSPS) is 11.2. The SMILES string of the molecule is COc1cc(OC)cc(C(=O)N=Nc2c(O)[nH]c3c(C)cc(C)cc23)c1. The summed E-state index contributed by atoms with van der Waals surface area (Å²) in [7, 11) is 3.00. The number of carbonyl (C=O) groups excluding carboxylic acids is 1. The molecule has 3 aromatic rings. The number of nitrogens with one attached hydrogen (secondary N) is 1. The van der Waals surface area contributed by atoms with E-state index < -0.39 is 5.91 Å². The van der Waals surface area contributed by atoms with Gasteiger partial charge in [0.15, 0.2) is 5.69 Å². The Morgan fingerprint density at radius 3 is 2.31 bits per heavy atom.